The lowest BCUT2D eigenvalue weighted by atomic mass is 10.2. The highest BCUT2D eigenvalue weighted by Gasteiger charge is 2.14. The van der Waals surface area contributed by atoms with Crippen molar-refractivity contribution >= 4 is 39.0 Å². The third-order valence-corrected chi connectivity index (χ3v) is 4.10. The van der Waals surface area contributed by atoms with Gasteiger partial charge in [-0.25, -0.2) is 14.4 Å². The molecule has 20 heavy (non-hydrogen) atoms. The smallest absolute Gasteiger partial charge is 0.166 e. The highest BCUT2D eigenvalue weighted by atomic mass is 35.5. The summed E-state index contributed by atoms with van der Waals surface area (Å²) in [6, 6.07) is 6.39. The van der Waals surface area contributed by atoms with Crippen molar-refractivity contribution in [1.82, 2.24) is 9.97 Å². The predicted octanol–water partition coefficient (Wildman–Crippen LogP) is 4.50. The molecule has 2 heterocycles. The van der Waals surface area contributed by atoms with E-state index in [0.29, 0.717) is 22.2 Å². The zero-order chi connectivity index (χ0) is 14.3. The van der Waals surface area contributed by atoms with Crippen LogP contribution < -0.4 is 5.32 Å². The zero-order valence-electron chi connectivity index (χ0n) is 10.9. The lowest BCUT2D eigenvalue weighted by Gasteiger charge is -2.06. The summed E-state index contributed by atoms with van der Waals surface area (Å²) < 4.78 is 13.9. The normalized spacial score (nSPS) is 11.0. The molecule has 6 heteroatoms. The summed E-state index contributed by atoms with van der Waals surface area (Å²) in [4.78, 5) is 10.8. The molecular weight excluding hydrogens is 297 g/mol. The molecule has 0 bridgehead atoms. The van der Waals surface area contributed by atoms with Crippen LogP contribution in [-0.2, 0) is 0 Å². The van der Waals surface area contributed by atoms with Gasteiger partial charge >= 0.3 is 0 Å². The number of aromatic nitrogens is 2. The molecule has 0 unspecified atom stereocenters. The standard InChI is InChI=1S/C14H11ClFN3S/c1-7-5-10-12(17-2)18-13(19-14(10)20-7)9-6-8(15)3-4-11(9)16/h3-6H,1-2H3,(H,17,18,19). The second kappa shape index (κ2) is 5.00. The molecule has 2 aromatic heterocycles. The third-order valence-electron chi connectivity index (χ3n) is 2.92. The minimum atomic E-state index is -0.385. The first-order chi connectivity index (χ1) is 9.58. The van der Waals surface area contributed by atoms with Crippen molar-refractivity contribution in [2.75, 3.05) is 12.4 Å². The number of thiophene rings is 1. The number of benzene rings is 1. The number of aryl methyl sites for hydroxylation is 1. The fourth-order valence-electron chi connectivity index (χ4n) is 2.02. The highest BCUT2D eigenvalue weighted by molar-refractivity contribution is 7.18. The minimum absolute atomic E-state index is 0.307. The number of halogens is 2. The minimum Gasteiger partial charge on any atom is -0.372 e. The van der Waals surface area contributed by atoms with Crippen molar-refractivity contribution < 1.29 is 4.39 Å². The fraction of sp³-hybridized carbons (Fsp3) is 0.143. The van der Waals surface area contributed by atoms with Gasteiger partial charge in [0.05, 0.1) is 10.9 Å². The number of nitrogens with zero attached hydrogens (tertiary/aromatic N) is 2. The molecule has 0 radical (unpaired) electrons. The van der Waals surface area contributed by atoms with E-state index in [-0.39, 0.29) is 5.82 Å². The summed E-state index contributed by atoms with van der Waals surface area (Å²) in [5.74, 6) is 0.640. The van der Waals surface area contributed by atoms with Gasteiger partial charge in [-0.15, -0.1) is 11.3 Å². The average molecular weight is 308 g/mol. The van der Waals surface area contributed by atoms with E-state index in [1.54, 1.807) is 18.4 Å². The van der Waals surface area contributed by atoms with Crippen molar-refractivity contribution in [2.24, 2.45) is 0 Å². The molecule has 0 fully saturated rings. The van der Waals surface area contributed by atoms with E-state index < -0.39 is 0 Å². The monoisotopic (exact) mass is 307 g/mol. The quantitative estimate of drug-likeness (QED) is 0.757. The molecule has 3 rings (SSSR count). The Morgan fingerprint density at radius 3 is 2.80 bits per heavy atom. The topological polar surface area (TPSA) is 37.8 Å². The Hall–Kier alpha value is -1.72. The summed E-state index contributed by atoms with van der Waals surface area (Å²) in [7, 11) is 1.78. The first kappa shape index (κ1) is 13.3. The van der Waals surface area contributed by atoms with E-state index in [2.05, 4.69) is 15.3 Å². The maximum Gasteiger partial charge on any atom is 0.166 e. The van der Waals surface area contributed by atoms with Crippen LogP contribution in [0.5, 0.6) is 0 Å². The maximum absolute atomic E-state index is 13.9. The Labute approximate surface area is 124 Å². The van der Waals surface area contributed by atoms with E-state index in [0.717, 1.165) is 15.1 Å². The van der Waals surface area contributed by atoms with Crippen LogP contribution in [0.2, 0.25) is 5.02 Å². The van der Waals surface area contributed by atoms with E-state index >= 15 is 0 Å². The molecule has 3 aromatic rings. The van der Waals surface area contributed by atoms with E-state index in [4.69, 9.17) is 11.6 Å². The van der Waals surface area contributed by atoms with E-state index in [1.807, 2.05) is 13.0 Å². The molecule has 3 nitrogen and oxygen atoms in total. The molecule has 0 spiro atoms. The summed E-state index contributed by atoms with van der Waals surface area (Å²) in [6.07, 6.45) is 0. The van der Waals surface area contributed by atoms with Crippen LogP contribution in [0.1, 0.15) is 4.88 Å². The van der Waals surface area contributed by atoms with Crippen LogP contribution in [0.3, 0.4) is 0 Å². The van der Waals surface area contributed by atoms with Crippen LogP contribution in [0.25, 0.3) is 21.6 Å². The molecule has 0 aliphatic rings. The molecule has 1 aromatic carbocycles. The van der Waals surface area contributed by atoms with Gasteiger partial charge in [-0.05, 0) is 31.2 Å². The van der Waals surface area contributed by atoms with Gasteiger partial charge in [0.25, 0.3) is 0 Å². The second-order valence-corrected chi connectivity index (χ2v) is 6.02. The first-order valence-electron chi connectivity index (χ1n) is 6.00. The molecule has 0 aliphatic heterocycles. The molecule has 1 N–H and O–H groups in total. The molecule has 0 atom stereocenters. The Morgan fingerprint density at radius 2 is 2.05 bits per heavy atom. The van der Waals surface area contributed by atoms with Crippen LogP contribution in [-0.4, -0.2) is 17.0 Å². The third kappa shape index (κ3) is 2.23. The van der Waals surface area contributed by atoms with Crippen molar-refractivity contribution in [2.45, 2.75) is 6.92 Å². The molecular formula is C14H11ClFN3S. The summed E-state index contributed by atoms with van der Waals surface area (Å²) in [5, 5.41) is 4.43. The van der Waals surface area contributed by atoms with Gasteiger partial charge in [-0.1, -0.05) is 11.6 Å². The fourth-order valence-corrected chi connectivity index (χ4v) is 3.07. The average Bonchev–Trinajstić information content (AvgIpc) is 2.80. The van der Waals surface area contributed by atoms with E-state index in [1.165, 1.54) is 18.2 Å². The van der Waals surface area contributed by atoms with Crippen LogP contribution in [0.4, 0.5) is 10.2 Å². The number of fused-ring (bicyclic) bond motifs is 1. The number of nitrogens with one attached hydrogen (secondary N) is 1. The number of hydrogen-bond acceptors (Lipinski definition) is 4. The molecule has 0 amide bonds. The van der Waals surface area contributed by atoms with Gasteiger partial charge < -0.3 is 5.32 Å². The molecule has 0 saturated carbocycles. The van der Waals surface area contributed by atoms with Crippen LogP contribution in [0, 0.1) is 12.7 Å². The summed E-state index contributed by atoms with van der Waals surface area (Å²) >= 11 is 7.48. The molecule has 0 aliphatic carbocycles. The number of hydrogen-bond donors (Lipinski definition) is 1. The number of rotatable bonds is 2. The first-order valence-corrected chi connectivity index (χ1v) is 7.19. The predicted molar refractivity (Wildman–Crippen MR) is 82.1 cm³/mol. The zero-order valence-corrected chi connectivity index (χ0v) is 12.4. The van der Waals surface area contributed by atoms with Gasteiger partial charge in [0.15, 0.2) is 5.82 Å². The Balaban J connectivity index is 2.28. The van der Waals surface area contributed by atoms with E-state index in [9.17, 15) is 4.39 Å². The van der Waals surface area contributed by atoms with Crippen molar-refractivity contribution in [3.63, 3.8) is 0 Å². The van der Waals surface area contributed by atoms with Crippen molar-refractivity contribution in [1.29, 1.82) is 0 Å². The number of anilines is 1. The van der Waals surface area contributed by atoms with Gasteiger partial charge in [0.2, 0.25) is 0 Å². The highest BCUT2D eigenvalue weighted by Crippen LogP contribution is 2.32. The van der Waals surface area contributed by atoms with Gasteiger partial charge in [0.1, 0.15) is 16.5 Å². The van der Waals surface area contributed by atoms with Crippen molar-refractivity contribution in [3.05, 3.63) is 40.0 Å². The van der Waals surface area contributed by atoms with Gasteiger partial charge in [0, 0.05) is 16.9 Å². The van der Waals surface area contributed by atoms with Crippen LogP contribution >= 0.6 is 22.9 Å². The van der Waals surface area contributed by atoms with Crippen molar-refractivity contribution in [3.8, 4) is 11.4 Å². The molecule has 102 valence electrons. The van der Waals surface area contributed by atoms with Crippen LogP contribution in [0.15, 0.2) is 24.3 Å². The summed E-state index contributed by atoms with van der Waals surface area (Å²) in [6.45, 7) is 2.01. The Kier molecular flexibility index (Phi) is 3.31. The second-order valence-electron chi connectivity index (χ2n) is 4.35. The molecule has 0 saturated heterocycles. The largest absolute Gasteiger partial charge is 0.372 e. The van der Waals surface area contributed by atoms with Gasteiger partial charge in [-0.3, -0.25) is 0 Å². The summed E-state index contributed by atoms with van der Waals surface area (Å²) in [5.41, 5.74) is 0.307. The maximum atomic E-state index is 13.9. The van der Waals surface area contributed by atoms with Gasteiger partial charge in [-0.2, -0.15) is 0 Å². The lowest BCUT2D eigenvalue weighted by Crippen LogP contribution is -1.98. The Bertz CT molecular complexity index is 800. The lowest BCUT2D eigenvalue weighted by molar-refractivity contribution is 0.630. The Morgan fingerprint density at radius 1 is 1.25 bits per heavy atom. The SMILES string of the molecule is CNc1nc(-c2cc(Cl)ccc2F)nc2sc(C)cc12.